The van der Waals surface area contributed by atoms with Gasteiger partial charge in [-0.15, -0.1) is 10.2 Å². The van der Waals surface area contributed by atoms with Crippen LogP contribution in [-0.4, -0.2) is 31.9 Å². The van der Waals surface area contributed by atoms with Gasteiger partial charge in [-0.2, -0.15) is 0 Å². The van der Waals surface area contributed by atoms with Gasteiger partial charge >= 0.3 is 0 Å². The van der Waals surface area contributed by atoms with Gasteiger partial charge in [-0.05, 0) is 18.9 Å². The van der Waals surface area contributed by atoms with E-state index in [2.05, 4.69) is 15.5 Å². The highest BCUT2D eigenvalue weighted by molar-refractivity contribution is 5.76. The molecule has 0 aliphatic rings. The summed E-state index contributed by atoms with van der Waals surface area (Å²) >= 11 is 0. The van der Waals surface area contributed by atoms with Crippen LogP contribution in [0.1, 0.15) is 30.8 Å². The Balaban J connectivity index is 1.83. The summed E-state index contributed by atoms with van der Waals surface area (Å²) in [5.41, 5.74) is 1.01. The third kappa shape index (κ3) is 4.39. The summed E-state index contributed by atoms with van der Waals surface area (Å²) < 4.78 is 1.76. The van der Waals surface area contributed by atoms with Crippen LogP contribution in [0, 0.1) is 0 Å². The van der Waals surface area contributed by atoms with Crippen molar-refractivity contribution in [3.8, 4) is 0 Å². The van der Waals surface area contributed by atoms with E-state index >= 15 is 0 Å². The van der Waals surface area contributed by atoms with E-state index < -0.39 is 6.10 Å². The van der Waals surface area contributed by atoms with E-state index in [0.29, 0.717) is 12.2 Å². The number of hydrogen-bond acceptors (Lipinski definition) is 4. The van der Waals surface area contributed by atoms with Crippen molar-refractivity contribution in [3.05, 3.63) is 48.0 Å². The Bertz CT molecular complexity index is 582. The molecule has 1 aromatic heterocycles. The molecule has 0 unspecified atom stereocenters. The van der Waals surface area contributed by atoms with Crippen molar-refractivity contribution in [2.75, 3.05) is 0 Å². The lowest BCUT2D eigenvalue weighted by molar-refractivity contribution is -0.123. The normalized spacial score (nSPS) is 13.7. The number of aromatic nitrogens is 3. The van der Waals surface area contributed by atoms with E-state index in [9.17, 15) is 9.90 Å². The van der Waals surface area contributed by atoms with E-state index in [0.717, 1.165) is 5.56 Å². The monoisotopic (exact) mass is 288 g/mol. The molecule has 0 aliphatic carbocycles. The summed E-state index contributed by atoms with van der Waals surface area (Å²) in [5, 5.41) is 20.5. The number of hydrogen-bond donors (Lipinski definition) is 2. The fourth-order valence-corrected chi connectivity index (χ4v) is 2.22. The maximum absolute atomic E-state index is 11.9. The van der Waals surface area contributed by atoms with Crippen molar-refractivity contribution in [2.24, 2.45) is 7.05 Å². The van der Waals surface area contributed by atoms with E-state index in [1.807, 2.05) is 44.3 Å². The van der Waals surface area contributed by atoms with E-state index in [1.165, 1.54) is 0 Å². The zero-order valence-electron chi connectivity index (χ0n) is 12.2. The number of nitrogens with one attached hydrogen (secondary N) is 1. The van der Waals surface area contributed by atoms with Gasteiger partial charge in [0.2, 0.25) is 5.91 Å². The van der Waals surface area contributed by atoms with Crippen LogP contribution in [-0.2, 0) is 18.3 Å². The first-order valence-corrected chi connectivity index (χ1v) is 6.91. The predicted octanol–water partition coefficient (Wildman–Crippen LogP) is 0.986. The minimum Gasteiger partial charge on any atom is -0.392 e. The minimum absolute atomic E-state index is 0.0666. The van der Waals surface area contributed by atoms with Crippen LogP contribution >= 0.6 is 0 Å². The van der Waals surface area contributed by atoms with Gasteiger partial charge in [0.1, 0.15) is 6.33 Å². The van der Waals surface area contributed by atoms with Crippen LogP contribution in [0.4, 0.5) is 0 Å². The van der Waals surface area contributed by atoms with Gasteiger partial charge in [-0.1, -0.05) is 30.3 Å². The van der Waals surface area contributed by atoms with Gasteiger partial charge in [0.05, 0.1) is 18.6 Å². The molecule has 6 heteroatoms. The number of aryl methyl sites for hydroxylation is 1. The summed E-state index contributed by atoms with van der Waals surface area (Å²) in [6.07, 6.45) is 1.42. The Morgan fingerprint density at radius 3 is 2.71 bits per heavy atom. The summed E-state index contributed by atoms with van der Waals surface area (Å²) in [6.45, 7) is 1.84. The number of benzene rings is 1. The number of carbonyl (C=O) groups is 1. The molecule has 6 nitrogen and oxygen atoms in total. The van der Waals surface area contributed by atoms with E-state index in [4.69, 9.17) is 0 Å². The average Bonchev–Trinajstić information content (AvgIpc) is 2.85. The SMILES string of the molecule is C[C@H](NC(=O)C[C@@H](O)Cc1ccccc1)c1nncn1C. The zero-order valence-corrected chi connectivity index (χ0v) is 12.2. The Labute approximate surface area is 123 Å². The maximum Gasteiger partial charge on any atom is 0.223 e. The quantitative estimate of drug-likeness (QED) is 0.830. The molecule has 0 spiro atoms. The first-order valence-electron chi connectivity index (χ1n) is 6.91. The molecule has 0 aliphatic heterocycles. The summed E-state index contributed by atoms with van der Waals surface area (Å²) in [5.74, 6) is 0.481. The summed E-state index contributed by atoms with van der Waals surface area (Å²) in [4.78, 5) is 11.9. The molecule has 21 heavy (non-hydrogen) atoms. The smallest absolute Gasteiger partial charge is 0.223 e. The number of aliphatic hydroxyl groups excluding tert-OH is 1. The van der Waals surface area contributed by atoms with Crippen molar-refractivity contribution in [3.63, 3.8) is 0 Å². The van der Waals surface area contributed by atoms with Crippen molar-refractivity contribution in [1.82, 2.24) is 20.1 Å². The molecule has 0 bridgehead atoms. The van der Waals surface area contributed by atoms with Crippen molar-refractivity contribution >= 4 is 5.91 Å². The molecule has 0 radical (unpaired) electrons. The second-order valence-electron chi connectivity index (χ2n) is 5.14. The molecule has 1 amide bonds. The average molecular weight is 288 g/mol. The minimum atomic E-state index is -0.695. The Morgan fingerprint density at radius 2 is 2.10 bits per heavy atom. The summed E-state index contributed by atoms with van der Waals surface area (Å²) in [6, 6.07) is 9.38. The molecule has 2 aromatic rings. The van der Waals surface area contributed by atoms with Gasteiger partial charge in [0.25, 0.3) is 0 Å². The molecule has 2 N–H and O–H groups in total. The standard InChI is InChI=1S/C15H20N4O2/c1-11(15-18-16-10-19(15)2)17-14(21)9-13(20)8-12-6-4-3-5-7-12/h3-7,10-11,13,20H,8-9H2,1-2H3,(H,17,21)/t11-,13-/m0/s1. The van der Waals surface area contributed by atoms with Gasteiger partial charge in [-0.25, -0.2) is 0 Å². The molecule has 1 aromatic carbocycles. The van der Waals surface area contributed by atoms with Crippen molar-refractivity contribution in [2.45, 2.75) is 31.9 Å². The van der Waals surface area contributed by atoms with Crippen molar-refractivity contribution in [1.29, 1.82) is 0 Å². The molecule has 112 valence electrons. The first-order chi connectivity index (χ1) is 10.1. The van der Waals surface area contributed by atoms with Crippen LogP contribution in [0.2, 0.25) is 0 Å². The lowest BCUT2D eigenvalue weighted by atomic mass is 10.1. The van der Waals surface area contributed by atoms with E-state index in [-0.39, 0.29) is 18.4 Å². The maximum atomic E-state index is 11.9. The number of nitrogens with zero attached hydrogens (tertiary/aromatic N) is 3. The molecule has 2 atom stereocenters. The molecule has 1 heterocycles. The number of aliphatic hydroxyl groups is 1. The molecule has 0 fully saturated rings. The Morgan fingerprint density at radius 1 is 1.38 bits per heavy atom. The molecule has 2 rings (SSSR count). The van der Waals surface area contributed by atoms with Gasteiger partial charge in [-0.3, -0.25) is 4.79 Å². The highest BCUT2D eigenvalue weighted by Crippen LogP contribution is 2.09. The molecule has 0 saturated carbocycles. The highest BCUT2D eigenvalue weighted by Gasteiger charge is 2.17. The fourth-order valence-electron chi connectivity index (χ4n) is 2.22. The van der Waals surface area contributed by atoms with Gasteiger partial charge < -0.3 is 15.0 Å². The largest absolute Gasteiger partial charge is 0.392 e. The van der Waals surface area contributed by atoms with Crippen LogP contribution in [0.25, 0.3) is 0 Å². The fraction of sp³-hybridized carbons (Fsp3) is 0.400. The van der Waals surface area contributed by atoms with E-state index in [1.54, 1.807) is 10.9 Å². The number of carbonyl (C=O) groups excluding carboxylic acids is 1. The number of amides is 1. The zero-order chi connectivity index (χ0) is 15.2. The lowest BCUT2D eigenvalue weighted by Gasteiger charge is -2.15. The topological polar surface area (TPSA) is 80.0 Å². The molecule has 0 saturated heterocycles. The third-order valence-corrected chi connectivity index (χ3v) is 3.25. The van der Waals surface area contributed by atoms with Crippen LogP contribution in [0.15, 0.2) is 36.7 Å². The van der Waals surface area contributed by atoms with Crippen LogP contribution in [0.3, 0.4) is 0 Å². The third-order valence-electron chi connectivity index (χ3n) is 3.25. The summed E-state index contributed by atoms with van der Waals surface area (Å²) in [7, 11) is 1.82. The van der Waals surface area contributed by atoms with Crippen LogP contribution in [0.5, 0.6) is 0 Å². The molecular formula is C15H20N4O2. The highest BCUT2D eigenvalue weighted by atomic mass is 16.3. The van der Waals surface area contributed by atoms with Gasteiger partial charge in [0, 0.05) is 7.05 Å². The molecular weight excluding hydrogens is 268 g/mol. The van der Waals surface area contributed by atoms with Crippen LogP contribution < -0.4 is 5.32 Å². The van der Waals surface area contributed by atoms with Gasteiger partial charge in [0.15, 0.2) is 5.82 Å². The predicted molar refractivity (Wildman–Crippen MR) is 78.3 cm³/mol. The second-order valence-corrected chi connectivity index (χ2v) is 5.14. The van der Waals surface area contributed by atoms with Crippen molar-refractivity contribution < 1.29 is 9.90 Å². The Hall–Kier alpha value is -2.21. The first kappa shape index (κ1) is 15.2. The second kappa shape index (κ2) is 6.99. The Kier molecular flexibility index (Phi) is 5.05. The number of rotatable bonds is 6. The lowest BCUT2D eigenvalue weighted by Crippen LogP contribution is -2.31.